The monoisotopic (exact) mass is 706 g/mol. The van der Waals surface area contributed by atoms with Gasteiger partial charge in [-0.15, -0.1) is 0 Å². The van der Waals surface area contributed by atoms with Crippen LogP contribution in [0.15, 0.2) is 113 Å². The number of carbonyl (C=O) groups excluding carboxylic acids is 3. The summed E-state index contributed by atoms with van der Waals surface area (Å²) in [5.74, 6) is -5.34. The Hall–Kier alpha value is -6.60. The van der Waals surface area contributed by atoms with Crippen LogP contribution in [-0.2, 0) is 16.1 Å². The van der Waals surface area contributed by atoms with Crippen molar-refractivity contribution in [3.8, 4) is 17.8 Å². The van der Waals surface area contributed by atoms with Gasteiger partial charge >= 0.3 is 17.6 Å². The fourth-order valence-electron chi connectivity index (χ4n) is 5.34. The number of carbonyl (C=O) groups is 3. The van der Waals surface area contributed by atoms with Gasteiger partial charge in [0, 0.05) is 18.1 Å². The summed E-state index contributed by atoms with van der Waals surface area (Å²) in [5.41, 5.74) is -2.53. The van der Waals surface area contributed by atoms with Gasteiger partial charge in [0.1, 0.15) is 24.0 Å². The topological polar surface area (TPSA) is 189 Å². The minimum Gasteiger partial charge on any atom is -0.404 e. The van der Waals surface area contributed by atoms with E-state index in [1.54, 1.807) is 18.2 Å². The van der Waals surface area contributed by atoms with Gasteiger partial charge in [-0.1, -0.05) is 54.6 Å². The van der Waals surface area contributed by atoms with Crippen molar-refractivity contribution in [3.63, 3.8) is 0 Å². The maximum absolute atomic E-state index is 15.0. The van der Waals surface area contributed by atoms with Crippen LogP contribution in [0.2, 0.25) is 0 Å². The molecule has 0 aliphatic carbocycles. The third-order valence-electron chi connectivity index (χ3n) is 7.95. The fourth-order valence-corrected chi connectivity index (χ4v) is 5.34. The number of halogens is 1. The highest BCUT2D eigenvalue weighted by atomic mass is 19.1. The van der Waals surface area contributed by atoms with E-state index in [9.17, 15) is 34.3 Å². The molecule has 0 radical (unpaired) electrons. The Morgan fingerprint density at radius 2 is 1.58 bits per heavy atom. The first-order valence-electron chi connectivity index (χ1n) is 15.7. The molecule has 3 heterocycles. The molecular formula is C37H27FN4O10. The second-order valence-electron chi connectivity index (χ2n) is 11.3. The molecule has 0 spiro atoms. The van der Waals surface area contributed by atoms with Crippen molar-refractivity contribution in [2.75, 3.05) is 6.61 Å². The van der Waals surface area contributed by atoms with Crippen LogP contribution in [0.25, 0.3) is 0 Å². The molecule has 6 rings (SSSR count). The average Bonchev–Trinajstić information content (AvgIpc) is 3.59. The highest BCUT2D eigenvalue weighted by Crippen LogP contribution is 2.30. The summed E-state index contributed by atoms with van der Waals surface area (Å²) in [6.07, 6.45) is -2.21. The standard InChI is InChI=1S/C37H27FN4O10/c38-27-19-41(31-17-28(29(20-43)50-31)49-21-22-8-3-1-4-9-22)37(48)42(34(27)45)33(44)24-12-7-13-25(16-24)36(47)52-32-26(18-39)14-15-30(40-32)51-35(46)23-10-5-2-6-11-23/h1-16,19,28-29,31,43H,17,20-21H2. The van der Waals surface area contributed by atoms with Crippen LogP contribution in [0, 0.1) is 17.1 Å². The van der Waals surface area contributed by atoms with Crippen LogP contribution >= 0.6 is 0 Å². The lowest BCUT2D eigenvalue weighted by molar-refractivity contribution is -0.0661. The van der Waals surface area contributed by atoms with Gasteiger partial charge in [0.15, 0.2) is 0 Å². The number of rotatable bonds is 10. The van der Waals surface area contributed by atoms with Crippen molar-refractivity contribution in [2.24, 2.45) is 0 Å². The lowest BCUT2D eigenvalue weighted by Gasteiger charge is -2.17. The highest BCUT2D eigenvalue weighted by Gasteiger charge is 2.38. The first-order valence-corrected chi connectivity index (χ1v) is 15.7. The fraction of sp³-hybridized carbons (Fsp3) is 0.162. The van der Waals surface area contributed by atoms with Crippen molar-refractivity contribution >= 4 is 17.8 Å². The molecular weight excluding hydrogens is 679 g/mol. The summed E-state index contributed by atoms with van der Waals surface area (Å²) in [6, 6.07) is 26.1. The third kappa shape index (κ3) is 7.59. The Kier molecular flexibility index (Phi) is 10.5. The first kappa shape index (κ1) is 35.2. The largest absolute Gasteiger partial charge is 0.404 e. The Balaban J connectivity index is 1.22. The molecule has 5 aromatic rings. The maximum Gasteiger partial charge on any atom is 0.344 e. The molecule has 14 nitrogen and oxygen atoms in total. The molecule has 1 fully saturated rings. The number of nitrogens with zero attached hydrogens (tertiary/aromatic N) is 4. The van der Waals surface area contributed by atoms with Crippen molar-refractivity contribution in [1.82, 2.24) is 14.1 Å². The number of hydrogen-bond donors (Lipinski definition) is 1. The van der Waals surface area contributed by atoms with Crippen molar-refractivity contribution in [3.05, 3.63) is 158 Å². The molecule has 15 heteroatoms. The van der Waals surface area contributed by atoms with Crippen LogP contribution in [0.4, 0.5) is 4.39 Å². The zero-order chi connectivity index (χ0) is 36.8. The van der Waals surface area contributed by atoms with Crippen LogP contribution in [0.3, 0.4) is 0 Å². The Labute approximate surface area is 293 Å². The Morgan fingerprint density at radius 3 is 2.29 bits per heavy atom. The smallest absolute Gasteiger partial charge is 0.344 e. The molecule has 3 atom stereocenters. The van der Waals surface area contributed by atoms with E-state index in [-0.39, 0.29) is 45.7 Å². The number of aliphatic hydroxyl groups is 1. The minimum atomic E-state index is -1.54. The summed E-state index contributed by atoms with van der Waals surface area (Å²) >= 11 is 0. The van der Waals surface area contributed by atoms with E-state index in [2.05, 4.69) is 4.98 Å². The second kappa shape index (κ2) is 15.5. The molecule has 1 N–H and O–H groups in total. The van der Waals surface area contributed by atoms with Gasteiger partial charge in [-0.3, -0.25) is 14.2 Å². The molecule has 52 heavy (non-hydrogen) atoms. The quantitative estimate of drug-likeness (QED) is 0.209. The molecule has 1 aliphatic rings. The minimum absolute atomic E-state index is 0.0174. The van der Waals surface area contributed by atoms with Gasteiger partial charge < -0.3 is 24.1 Å². The Bertz CT molecular complexity index is 2300. The number of esters is 2. The van der Waals surface area contributed by atoms with E-state index in [1.165, 1.54) is 42.5 Å². The summed E-state index contributed by atoms with van der Waals surface area (Å²) in [5, 5.41) is 19.4. The van der Waals surface area contributed by atoms with Gasteiger partial charge in [0.05, 0.1) is 36.6 Å². The van der Waals surface area contributed by atoms with Crippen molar-refractivity contribution in [2.45, 2.75) is 31.5 Å². The van der Waals surface area contributed by atoms with E-state index in [0.29, 0.717) is 6.20 Å². The van der Waals surface area contributed by atoms with Gasteiger partial charge in [0.25, 0.3) is 11.5 Å². The SMILES string of the molecule is N#Cc1ccc(OC(=O)c2ccccc2)nc1OC(=O)c1cccc(C(=O)n2c(=O)c(F)cn(C3CC(OCc4ccccc4)C(CO)O3)c2=O)c1. The van der Waals surface area contributed by atoms with Crippen LogP contribution in [-0.4, -0.2) is 55.9 Å². The number of hydrogen-bond acceptors (Lipinski definition) is 12. The van der Waals surface area contributed by atoms with Gasteiger partial charge in [-0.25, -0.2) is 14.4 Å². The van der Waals surface area contributed by atoms with Crippen LogP contribution in [0.5, 0.6) is 11.8 Å². The zero-order valence-electron chi connectivity index (χ0n) is 27.0. The van der Waals surface area contributed by atoms with E-state index in [4.69, 9.17) is 18.9 Å². The van der Waals surface area contributed by atoms with Crippen molar-refractivity contribution in [1.29, 1.82) is 5.26 Å². The van der Waals surface area contributed by atoms with E-state index >= 15 is 4.39 Å². The van der Waals surface area contributed by atoms with Crippen LogP contribution < -0.4 is 20.7 Å². The normalized spacial score (nSPS) is 16.5. The molecule has 0 bridgehead atoms. The number of nitriles is 1. The molecule has 0 saturated carbocycles. The summed E-state index contributed by atoms with van der Waals surface area (Å²) in [7, 11) is 0. The van der Waals surface area contributed by atoms with E-state index in [1.807, 2.05) is 36.4 Å². The molecule has 1 aliphatic heterocycles. The summed E-state index contributed by atoms with van der Waals surface area (Å²) < 4.78 is 38.0. The predicted octanol–water partition coefficient (Wildman–Crippen LogP) is 3.41. The third-order valence-corrected chi connectivity index (χ3v) is 7.95. The van der Waals surface area contributed by atoms with E-state index in [0.717, 1.165) is 16.2 Å². The average molecular weight is 707 g/mol. The van der Waals surface area contributed by atoms with Crippen molar-refractivity contribution < 1.29 is 42.8 Å². The maximum atomic E-state index is 15.0. The van der Waals surface area contributed by atoms with Gasteiger partial charge in [0.2, 0.25) is 17.6 Å². The second-order valence-corrected chi connectivity index (χ2v) is 11.3. The lowest BCUT2D eigenvalue weighted by Crippen LogP contribution is -2.46. The predicted molar refractivity (Wildman–Crippen MR) is 177 cm³/mol. The molecule has 0 amide bonds. The number of aliphatic hydroxyl groups excluding tert-OH is 1. The zero-order valence-corrected chi connectivity index (χ0v) is 27.0. The van der Waals surface area contributed by atoms with Gasteiger partial charge in [-0.05, 0) is 42.0 Å². The number of benzene rings is 3. The molecule has 3 unspecified atom stereocenters. The molecule has 262 valence electrons. The number of ether oxygens (including phenoxy) is 4. The highest BCUT2D eigenvalue weighted by molar-refractivity contribution is 5.99. The first-order chi connectivity index (χ1) is 25.2. The number of aromatic nitrogens is 3. The van der Waals surface area contributed by atoms with Crippen LogP contribution in [0.1, 0.15) is 54.8 Å². The number of pyridine rings is 1. The van der Waals surface area contributed by atoms with Gasteiger partial charge in [-0.2, -0.15) is 19.2 Å². The lowest BCUT2D eigenvalue weighted by atomic mass is 10.1. The molecule has 2 aromatic heterocycles. The molecule has 3 aromatic carbocycles. The summed E-state index contributed by atoms with van der Waals surface area (Å²) in [4.78, 5) is 69.5. The van der Waals surface area contributed by atoms with E-state index < -0.39 is 65.8 Å². The summed E-state index contributed by atoms with van der Waals surface area (Å²) in [6.45, 7) is -0.317. The molecule has 1 saturated heterocycles. The Morgan fingerprint density at radius 1 is 0.904 bits per heavy atom.